The Morgan fingerprint density at radius 2 is 2.21 bits per heavy atom. The molecule has 0 aliphatic carbocycles. The Bertz CT molecular complexity index is 417. The van der Waals surface area contributed by atoms with Crippen molar-refractivity contribution in [3.63, 3.8) is 0 Å². The Kier molecular flexibility index (Phi) is 4.90. The maximum atomic E-state index is 11.0. The lowest BCUT2D eigenvalue weighted by atomic mass is 10.1. The van der Waals surface area contributed by atoms with Crippen LogP contribution in [-0.4, -0.2) is 50.2 Å². The van der Waals surface area contributed by atoms with E-state index in [1.807, 2.05) is 19.2 Å². The number of likely N-dealkylation sites (N-methyl/N-ethyl adjacent to an activating group) is 1. The summed E-state index contributed by atoms with van der Waals surface area (Å²) in [5.74, 6) is -0.382. The summed E-state index contributed by atoms with van der Waals surface area (Å²) in [6, 6.07) is 7.48. The molecule has 2 rings (SSSR count). The number of carbonyl (C=O) groups excluding carboxylic acids is 1. The number of nitrogens with one attached hydrogen (secondary N) is 1. The molecule has 0 radical (unpaired) electrons. The monoisotopic (exact) mass is 263 g/mol. The molecule has 0 spiro atoms. The number of ether oxygens (including phenoxy) is 1. The van der Waals surface area contributed by atoms with E-state index >= 15 is 0 Å². The summed E-state index contributed by atoms with van der Waals surface area (Å²) in [5, 5.41) is 3.14. The highest BCUT2D eigenvalue weighted by molar-refractivity contribution is 5.92. The molecule has 3 N–H and O–H groups in total. The van der Waals surface area contributed by atoms with Gasteiger partial charge in [0, 0.05) is 31.7 Å². The second-order valence-corrected chi connectivity index (χ2v) is 4.85. The molecular weight excluding hydrogens is 242 g/mol. The lowest BCUT2D eigenvalue weighted by Crippen LogP contribution is -2.45. The number of rotatable bonds is 5. The van der Waals surface area contributed by atoms with Crippen molar-refractivity contribution >= 4 is 5.91 Å². The molecule has 1 saturated heterocycles. The van der Waals surface area contributed by atoms with Gasteiger partial charge >= 0.3 is 0 Å². The van der Waals surface area contributed by atoms with Gasteiger partial charge in [-0.2, -0.15) is 0 Å². The fourth-order valence-corrected chi connectivity index (χ4v) is 2.31. The van der Waals surface area contributed by atoms with E-state index in [9.17, 15) is 4.79 Å². The first-order chi connectivity index (χ1) is 9.19. The summed E-state index contributed by atoms with van der Waals surface area (Å²) in [5.41, 5.74) is 6.97. The third kappa shape index (κ3) is 4.02. The summed E-state index contributed by atoms with van der Waals surface area (Å²) in [4.78, 5) is 13.4. The van der Waals surface area contributed by atoms with E-state index in [1.165, 1.54) is 5.56 Å². The van der Waals surface area contributed by atoms with E-state index in [4.69, 9.17) is 10.5 Å². The van der Waals surface area contributed by atoms with Crippen LogP contribution in [-0.2, 0) is 11.3 Å². The number of amides is 1. The molecule has 0 saturated carbocycles. The van der Waals surface area contributed by atoms with E-state index in [0.717, 1.165) is 32.8 Å². The number of primary amides is 1. The van der Waals surface area contributed by atoms with Gasteiger partial charge in [0.2, 0.25) is 5.91 Å². The van der Waals surface area contributed by atoms with Crippen molar-refractivity contribution in [1.29, 1.82) is 0 Å². The zero-order chi connectivity index (χ0) is 13.7. The predicted octanol–water partition coefficient (Wildman–Crippen LogP) is 0.206. The van der Waals surface area contributed by atoms with Gasteiger partial charge in [-0.3, -0.25) is 9.69 Å². The first-order valence-corrected chi connectivity index (χ1v) is 6.56. The fourth-order valence-electron chi connectivity index (χ4n) is 2.31. The number of hydrogen-bond acceptors (Lipinski definition) is 4. The zero-order valence-corrected chi connectivity index (χ0v) is 11.3. The minimum atomic E-state index is -0.382. The highest BCUT2D eigenvalue weighted by Gasteiger charge is 2.19. The molecule has 1 amide bonds. The molecule has 1 heterocycles. The first kappa shape index (κ1) is 14.0. The number of benzene rings is 1. The number of nitrogens with two attached hydrogens (primary N) is 1. The normalized spacial score (nSPS) is 20.4. The third-order valence-electron chi connectivity index (χ3n) is 3.30. The Morgan fingerprint density at radius 1 is 1.47 bits per heavy atom. The van der Waals surface area contributed by atoms with E-state index < -0.39 is 0 Å². The largest absolute Gasteiger partial charge is 0.374 e. The lowest BCUT2D eigenvalue weighted by molar-refractivity contribution is -0.0291. The quantitative estimate of drug-likeness (QED) is 0.796. The van der Waals surface area contributed by atoms with E-state index in [0.29, 0.717) is 5.56 Å². The molecule has 1 fully saturated rings. The van der Waals surface area contributed by atoms with Gasteiger partial charge in [-0.25, -0.2) is 0 Å². The van der Waals surface area contributed by atoms with Crippen LogP contribution in [0.25, 0.3) is 0 Å². The van der Waals surface area contributed by atoms with Crippen molar-refractivity contribution in [2.75, 3.05) is 33.3 Å². The maximum absolute atomic E-state index is 11.0. The summed E-state index contributed by atoms with van der Waals surface area (Å²) in [6.45, 7) is 4.39. The van der Waals surface area contributed by atoms with Crippen molar-refractivity contribution in [3.8, 4) is 0 Å². The number of carbonyl (C=O) groups is 1. The highest BCUT2D eigenvalue weighted by atomic mass is 16.5. The molecule has 0 aromatic heterocycles. The van der Waals surface area contributed by atoms with Crippen molar-refractivity contribution in [2.45, 2.75) is 12.6 Å². The standard InChI is InChI=1S/C14H21N3O2/c1-16-8-13-10-17(6-7-19-13)9-11-2-4-12(5-3-11)14(15)18/h2-5,13,16H,6-10H2,1H3,(H2,15,18). The van der Waals surface area contributed by atoms with Crippen LogP contribution < -0.4 is 11.1 Å². The van der Waals surface area contributed by atoms with Gasteiger partial charge in [-0.15, -0.1) is 0 Å². The van der Waals surface area contributed by atoms with Crippen LogP contribution in [0.15, 0.2) is 24.3 Å². The summed E-state index contributed by atoms with van der Waals surface area (Å²) >= 11 is 0. The zero-order valence-electron chi connectivity index (χ0n) is 11.3. The van der Waals surface area contributed by atoms with Gasteiger partial charge in [-0.1, -0.05) is 12.1 Å². The van der Waals surface area contributed by atoms with Crippen molar-refractivity contribution in [2.24, 2.45) is 5.73 Å². The Hall–Kier alpha value is -1.43. The van der Waals surface area contributed by atoms with Crippen LogP contribution in [0.5, 0.6) is 0 Å². The molecule has 104 valence electrons. The van der Waals surface area contributed by atoms with E-state index in [-0.39, 0.29) is 12.0 Å². The van der Waals surface area contributed by atoms with Crippen LogP contribution >= 0.6 is 0 Å². The van der Waals surface area contributed by atoms with Crippen molar-refractivity contribution < 1.29 is 9.53 Å². The lowest BCUT2D eigenvalue weighted by Gasteiger charge is -2.32. The molecule has 1 aliphatic rings. The number of hydrogen-bond donors (Lipinski definition) is 2. The molecule has 1 atom stereocenters. The Labute approximate surface area is 113 Å². The molecule has 5 nitrogen and oxygen atoms in total. The van der Waals surface area contributed by atoms with E-state index in [1.54, 1.807) is 12.1 Å². The number of nitrogens with zero attached hydrogens (tertiary/aromatic N) is 1. The van der Waals surface area contributed by atoms with Crippen molar-refractivity contribution in [3.05, 3.63) is 35.4 Å². The molecule has 1 unspecified atom stereocenters. The topological polar surface area (TPSA) is 67.6 Å². The van der Waals surface area contributed by atoms with Gasteiger partial charge < -0.3 is 15.8 Å². The highest BCUT2D eigenvalue weighted by Crippen LogP contribution is 2.11. The smallest absolute Gasteiger partial charge is 0.248 e. The molecule has 0 bridgehead atoms. The molecule has 5 heteroatoms. The maximum Gasteiger partial charge on any atom is 0.248 e. The molecule has 1 aliphatic heterocycles. The van der Waals surface area contributed by atoms with Gasteiger partial charge in [-0.05, 0) is 24.7 Å². The average Bonchev–Trinajstić information content (AvgIpc) is 2.40. The summed E-state index contributed by atoms with van der Waals surface area (Å²) in [7, 11) is 1.94. The molecule has 1 aromatic rings. The second kappa shape index (κ2) is 6.65. The Balaban J connectivity index is 1.91. The predicted molar refractivity (Wildman–Crippen MR) is 73.9 cm³/mol. The molecule has 1 aromatic carbocycles. The van der Waals surface area contributed by atoms with Crippen LogP contribution in [0.1, 0.15) is 15.9 Å². The van der Waals surface area contributed by atoms with Gasteiger partial charge in [0.1, 0.15) is 0 Å². The van der Waals surface area contributed by atoms with Crippen LogP contribution in [0, 0.1) is 0 Å². The van der Waals surface area contributed by atoms with Crippen LogP contribution in [0.4, 0.5) is 0 Å². The first-order valence-electron chi connectivity index (χ1n) is 6.56. The third-order valence-corrected chi connectivity index (χ3v) is 3.30. The number of morpholine rings is 1. The summed E-state index contributed by atoms with van der Waals surface area (Å²) in [6.07, 6.45) is 0.253. The van der Waals surface area contributed by atoms with Crippen LogP contribution in [0.3, 0.4) is 0 Å². The minimum absolute atomic E-state index is 0.253. The SMILES string of the molecule is CNCC1CN(Cc2ccc(C(N)=O)cc2)CCO1. The molecule has 19 heavy (non-hydrogen) atoms. The fraction of sp³-hybridized carbons (Fsp3) is 0.500. The van der Waals surface area contributed by atoms with Gasteiger partial charge in [0.25, 0.3) is 0 Å². The minimum Gasteiger partial charge on any atom is -0.374 e. The van der Waals surface area contributed by atoms with Crippen LogP contribution in [0.2, 0.25) is 0 Å². The van der Waals surface area contributed by atoms with Crippen molar-refractivity contribution in [1.82, 2.24) is 10.2 Å². The van der Waals surface area contributed by atoms with Gasteiger partial charge in [0.05, 0.1) is 12.7 Å². The van der Waals surface area contributed by atoms with E-state index in [2.05, 4.69) is 10.2 Å². The second-order valence-electron chi connectivity index (χ2n) is 4.85. The summed E-state index contributed by atoms with van der Waals surface area (Å²) < 4.78 is 5.67. The molecular formula is C14H21N3O2. The average molecular weight is 263 g/mol. The Morgan fingerprint density at radius 3 is 2.84 bits per heavy atom. The van der Waals surface area contributed by atoms with Gasteiger partial charge in [0.15, 0.2) is 0 Å².